The molecule has 2 rings (SSSR count). The van der Waals surface area contributed by atoms with Crippen LogP contribution < -0.4 is 0 Å². The van der Waals surface area contributed by atoms with Crippen LogP contribution in [0.15, 0.2) is 11.6 Å². The van der Waals surface area contributed by atoms with Gasteiger partial charge in [-0.1, -0.05) is 31.9 Å². The van der Waals surface area contributed by atoms with E-state index < -0.39 is 0 Å². The van der Waals surface area contributed by atoms with E-state index in [9.17, 15) is 5.11 Å². The molecule has 0 radical (unpaired) electrons. The molecule has 2 aliphatic rings. The number of rotatable bonds is 1. The standard InChI is InChI=1S/C14H24O/c1-11-5-6-12-13(2,9-11)7-4-8-14(12,3)10-15/h9,12,15H,4-8,10H2,1-3H3/t12?,13-,14-/m1/s1. The Morgan fingerprint density at radius 2 is 2.13 bits per heavy atom. The summed E-state index contributed by atoms with van der Waals surface area (Å²) < 4.78 is 0. The van der Waals surface area contributed by atoms with Gasteiger partial charge < -0.3 is 5.11 Å². The second kappa shape index (κ2) is 3.62. The lowest BCUT2D eigenvalue weighted by Crippen LogP contribution is -2.46. The molecule has 0 aromatic heterocycles. The van der Waals surface area contributed by atoms with Crippen LogP contribution in [0.2, 0.25) is 0 Å². The summed E-state index contributed by atoms with van der Waals surface area (Å²) in [5.41, 5.74) is 2.08. The van der Waals surface area contributed by atoms with Crippen LogP contribution in [-0.4, -0.2) is 11.7 Å². The lowest BCUT2D eigenvalue weighted by molar-refractivity contribution is -0.0314. The fourth-order valence-electron chi connectivity index (χ4n) is 4.06. The first-order chi connectivity index (χ1) is 7.00. The number of aliphatic hydroxyl groups is 1. The van der Waals surface area contributed by atoms with Gasteiger partial charge in [0.15, 0.2) is 0 Å². The molecule has 0 aromatic rings. The average molecular weight is 208 g/mol. The highest BCUT2D eigenvalue weighted by atomic mass is 16.3. The van der Waals surface area contributed by atoms with Crippen LogP contribution in [0, 0.1) is 16.7 Å². The zero-order chi connectivity index (χ0) is 11.1. The van der Waals surface area contributed by atoms with Crippen molar-refractivity contribution in [3.05, 3.63) is 11.6 Å². The molecule has 1 unspecified atom stereocenters. The van der Waals surface area contributed by atoms with Crippen LogP contribution >= 0.6 is 0 Å². The van der Waals surface area contributed by atoms with Gasteiger partial charge in [0.2, 0.25) is 0 Å². The third kappa shape index (κ3) is 1.75. The van der Waals surface area contributed by atoms with Gasteiger partial charge in [-0.15, -0.1) is 0 Å². The smallest absolute Gasteiger partial charge is 0.0487 e. The Balaban J connectivity index is 2.32. The summed E-state index contributed by atoms with van der Waals surface area (Å²) in [4.78, 5) is 0. The topological polar surface area (TPSA) is 20.2 Å². The molecule has 1 saturated carbocycles. The minimum Gasteiger partial charge on any atom is -0.396 e. The summed E-state index contributed by atoms with van der Waals surface area (Å²) in [5, 5.41) is 9.65. The van der Waals surface area contributed by atoms with Gasteiger partial charge in [0.25, 0.3) is 0 Å². The summed E-state index contributed by atoms with van der Waals surface area (Å²) in [6, 6.07) is 0. The van der Waals surface area contributed by atoms with E-state index in [2.05, 4.69) is 26.8 Å². The van der Waals surface area contributed by atoms with Crippen LogP contribution in [0.4, 0.5) is 0 Å². The second-order valence-corrected chi connectivity index (χ2v) is 6.25. The maximum atomic E-state index is 9.65. The van der Waals surface area contributed by atoms with E-state index in [0.29, 0.717) is 17.9 Å². The van der Waals surface area contributed by atoms with Crippen molar-refractivity contribution < 1.29 is 5.11 Å². The number of aliphatic hydroxyl groups excluding tert-OH is 1. The third-order valence-electron chi connectivity index (χ3n) is 4.87. The van der Waals surface area contributed by atoms with E-state index in [1.807, 2.05) is 0 Å². The van der Waals surface area contributed by atoms with E-state index in [1.54, 1.807) is 5.57 Å². The summed E-state index contributed by atoms with van der Waals surface area (Å²) in [7, 11) is 0. The SMILES string of the molecule is CC1=C[C@@]2(C)CCC[C@](C)(CO)C2CC1. The van der Waals surface area contributed by atoms with Crippen LogP contribution in [0.25, 0.3) is 0 Å². The Bertz CT molecular complexity index is 281. The maximum Gasteiger partial charge on any atom is 0.0487 e. The maximum absolute atomic E-state index is 9.65. The summed E-state index contributed by atoms with van der Waals surface area (Å²) >= 11 is 0. The molecular formula is C14H24O. The summed E-state index contributed by atoms with van der Waals surface area (Å²) in [6.45, 7) is 7.30. The summed E-state index contributed by atoms with van der Waals surface area (Å²) in [5.74, 6) is 0.687. The molecule has 1 nitrogen and oxygen atoms in total. The van der Waals surface area contributed by atoms with Crippen LogP contribution in [0.1, 0.15) is 52.9 Å². The predicted molar refractivity (Wildman–Crippen MR) is 63.6 cm³/mol. The van der Waals surface area contributed by atoms with Gasteiger partial charge in [-0.3, -0.25) is 0 Å². The molecule has 0 aromatic carbocycles. The van der Waals surface area contributed by atoms with Crippen LogP contribution in [-0.2, 0) is 0 Å². The number of hydrogen-bond acceptors (Lipinski definition) is 1. The molecule has 0 heterocycles. The van der Waals surface area contributed by atoms with Crippen molar-refractivity contribution in [3.8, 4) is 0 Å². The molecule has 0 aliphatic heterocycles. The van der Waals surface area contributed by atoms with Crippen molar-refractivity contribution in [1.29, 1.82) is 0 Å². The lowest BCUT2D eigenvalue weighted by Gasteiger charge is -2.53. The van der Waals surface area contributed by atoms with Gasteiger partial charge in [0, 0.05) is 6.61 Å². The molecule has 1 fully saturated rings. The zero-order valence-corrected chi connectivity index (χ0v) is 10.3. The molecule has 2 aliphatic carbocycles. The molecule has 15 heavy (non-hydrogen) atoms. The van der Waals surface area contributed by atoms with E-state index >= 15 is 0 Å². The van der Waals surface area contributed by atoms with Crippen molar-refractivity contribution in [3.63, 3.8) is 0 Å². The minimum atomic E-state index is 0.171. The van der Waals surface area contributed by atoms with Crippen molar-refractivity contribution in [2.75, 3.05) is 6.61 Å². The first-order valence-corrected chi connectivity index (χ1v) is 6.29. The summed E-state index contributed by atoms with van der Waals surface area (Å²) in [6.07, 6.45) is 8.79. The largest absolute Gasteiger partial charge is 0.396 e. The van der Waals surface area contributed by atoms with Gasteiger partial charge in [-0.25, -0.2) is 0 Å². The van der Waals surface area contributed by atoms with Gasteiger partial charge in [0.1, 0.15) is 0 Å². The van der Waals surface area contributed by atoms with Crippen molar-refractivity contribution >= 4 is 0 Å². The number of allylic oxidation sites excluding steroid dienone is 2. The van der Waals surface area contributed by atoms with Gasteiger partial charge in [-0.2, -0.15) is 0 Å². The van der Waals surface area contributed by atoms with Crippen LogP contribution in [0.5, 0.6) is 0 Å². The first kappa shape index (κ1) is 11.2. The Morgan fingerprint density at radius 3 is 2.80 bits per heavy atom. The third-order valence-corrected chi connectivity index (χ3v) is 4.87. The minimum absolute atomic E-state index is 0.171. The van der Waals surface area contributed by atoms with Crippen LogP contribution in [0.3, 0.4) is 0 Å². The Hall–Kier alpha value is -0.300. The molecule has 0 spiro atoms. The normalized spacial score (nSPS) is 45.9. The van der Waals surface area contributed by atoms with E-state index in [-0.39, 0.29) is 5.41 Å². The number of fused-ring (bicyclic) bond motifs is 1. The average Bonchev–Trinajstić information content (AvgIpc) is 2.16. The molecule has 3 atom stereocenters. The molecular weight excluding hydrogens is 184 g/mol. The second-order valence-electron chi connectivity index (χ2n) is 6.25. The number of hydrogen-bond donors (Lipinski definition) is 1. The molecule has 1 N–H and O–H groups in total. The highest BCUT2D eigenvalue weighted by Gasteiger charge is 2.48. The lowest BCUT2D eigenvalue weighted by atomic mass is 9.52. The Morgan fingerprint density at radius 1 is 1.40 bits per heavy atom. The van der Waals surface area contributed by atoms with E-state index in [0.717, 1.165) is 0 Å². The highest BCUT2D eigenvalue weighted by molar-refractivity contribution is 5.16. The molecule has 0 amide bonds. The van der Waals surface area contributed by atoms with Crippen molar-refractivity contribution in [2.24, 2.45) is 16.7 Å². The monoisotopic (exact) mass is 208 g/mol. The molecule has 86 valence electrons. The predicted octanol–water partition coefficient (Wildman–Crippen LogP) is 3.53. The fraction of sp³-hybridized carbons (Fsp3) is 0.857. The molecule has 0 bridgehead atoms. The highest BCUT2D eigenvalue weighted by Crippen LogP contribution is 2.56. The zero-order valence-electron chi connectivity index (χ0n) is 10.3. The fourth-order valence-corrected chi connectivity index (χ4v) is 4.06. The van der Waals surface area contributed by atoms with Gasteiger partial charge in [-0.05, 0) is 49.4 Å². The molecule has 0 saturated heterocycles. The van der Waals surface area contributed by atoms with Crippen molar-refractivity contribution in [2.45, 2.75) is 52.9 Å². The quantitative estimate of drug-likeness (QED) is 0.654. The first-order valence-electron chi connectivity index (χ1n) is 6.29. The molecule has 1 heteroatoms. The van der Waals surface area contributed by atoms with E-state index in [4.69, 9.17) is 0 Å². The Kier molecular flexibility index (Phi) is 2.70. The van der Waals surface area contributed by atoms with Crippen molar-refractivity contribution in [1.82, 2.24) is 0 Å². The van der Waals surface area contributed by atoms with Gasteiger partial charge in [0.05, 0.1) is 0 Å². The van der Waals surface area contributed by atoms with E-state index in [1.165, 1.54) is 32.1 Å². The Labute approximate surface area is 93.6 Å². The van der Waals surface area contributed by atoms with Gasteiger partial charge >= 0.3 is 0 Å².